The molecule has 1 rings (SSSR count). The Morgan fingerprint density at radius 3 is 2.57 bits per heavy atom. The van der Waals surface area contributed by atoms with Crippen LogP contribution in [-0.4, -0.2) is 36.9 Å². The Balaban J connectivity index is 3.04. The van der Waals surface area contributed by atoms with Crippen molar-refractivity contribution < 1.29 is 13.5 Å². The lowest BCUT2D eigenvalue weighted by atomic mass is 10.4. The molecular weight excluding hydrogens is 206 g/mol. The molecule has 1 heterocycles. The SMILES string of the molecule is Cc1n[nH]c(C)c1S(=O)(=O)NCCO. The third-order valence-corrected chi connectivity index (χ3v) is 3.46. The lowest BCUT2D eigenvalue weighted by Crippen LogP contribution is -2.27. The van der Waals surface area contributed by atoms with Crippen molar-refractivity contribution >= 4 is 10.0 Å². The number of aliphatic hydroxyl groups excluding tert-OH is 1. The van der Waals surface area contributed by atoms with E-state index in [1.807, 2.05) is 0 Å². The van der Waals surface area contributed by atoms with Gasteiger partial charge in [-0.15, -0.1) is 0 Å². The molecule has 3 N–H and O–H groups in total. The predicted octanol–water partition coefficient (Wildman–Crippen LogP) is -0.703. The summed E-state index contributed by atoms with van der Waals surface area (Å²) in [4.78, 5) is 0.158. The van der Waals surface area contributed by atoms with Crippen LogP contribution in [0.3, 0.4) is 0 Å². The van der Waals surface area contributed by atoms with E-state index in [1.165, 1.54) is 0 Å². The summed E-state index contributed by atoms with van der Waals surface area (Å²) in [6.07, 6.45) is 0. The lowest BCUT2D eigenvalue weighted by molar-refractivity contribution is 0.301. The Morgan fingerprint density at radius 2 is 2.14 bits per heavy atom. The molecule has 0 amide bonds. The number of rotatable bonds is 4. The number of aryl methyl sites for hydroxylation is 2. The number of hydrogen-bond acceptors (Lipinski definition) is 4. The maximum Gasteiger partial charge on any atom is 0.244 e. The van der Waals surface area contributed by atoms with Crippen molar-refractivity contribution in [2.75, 3.05) is 13.2 Å². The van der Waals surface area contributed by atoms with Crippen LogP contribution in [0.2, 0.25) is 0 Å². The van der Waals surface area contributed by atoms with Gasteiger partial charge in [-0.05, 0) is 13.8 Å². The van der Waals surface area contributed by atoms with Crippen molar-refractivity contribution in [3.05, 3.63) is 11.4 Å². The van der Waals surface area contributed by atoms with E-state index in [4.69, 9.17) is 5.11 Å². The molecule has 0 saturated carbocycles. The molecule has 0 saturated heterocycles. The van der Waals surface area contributed by atoms with Crippen LogP contribution < -0.4 is 4.72 Å². The first-order valence-corrected chi connectivity index (χ1v) is 5.59. The molecule has 0 bridgehead atoms. The lowest BCUT2D eigenvalue weighted by Gasteiger charge is -2.04. The Morgan fingerprint density at radius 1 is 1.50 bits per heavy atom. The van der Waals surface area contributed by atoms with Crippen LogP contribution in [0.15, 0.2) is 4.90 Å². The van der Waals surface area contributed by atoms with Gasteiger partial charge in [0.1, 0.15) is 4.90 Å². The average molecular weight is 219 g/mol. The summed E-state index contributed by atoms with van der Waals surface area (Å²) < 4.78 is 25.5. The van der Waals surface area contributed by atoms with Gasteiger partial charge in [-0.1, -0.05) is 0 Å². The summed E-state index contributed by atoms with van der Waals surface area (Å²) in [5.74, 6) is 0. The Kier molecular flexibility index (Phi) is 3.25. The maximum atomic E-state index is 11.6. The van der Waals surface area contributed by atoms with E-state index in [2.05, 4.69) is 14.9 Å². The molecule has 0 atom stereocenters. The van der Waals surface area contributed by atoms with E-state index in [9.17, 15) is 8.42 Å². The molecular formula is C7H13N3O3S. The highest BCUT2D eigenvalue weighted by Gasteiger charge is 2.21. The minimum absolute atomic E-state index is 0.00634. The van der Waals surface area contributed by atoms with Gasteiger partial charge in [0.15, 0.2) is 0 Å². The number of nitrogens with zero attached hydrogens (tertiary/aromatic N) is 1. The molecule has 80 valence electrons. The molecule has 0 aliphatic heterocycles. The molecule has 0 aliphatic rings. The standard InChI is InChI=1S/C7H13N3O3S/c1-5-7(6(2)10-9-5)14(12,13)8-3-4-11/h8,11H,3-4H2,1-2H3,(H,9,10). The number of aliphatic hydroxyl groups is 1. The van der Waals surface area contributed by atoms with Gasteiger partial charge >= 0.3 is 0 Å². The third-order valence-electron chi connectivity index (χ3n) is 1.73. The Bertz CT molecular complexity index is 390. The number of hydrogen-bond donors (Lipinski definition) is 3. The first-order chi connectivity index (χ1) is 6.49. The number of sulfonamides is 1. The van der Waals surface area contributed by atoms with Crippen LogP contribution >= 0.6 is 0 Å². The Hall–Kier alpha value is -0.920. The van der Waals surface area contributed by atoms with Gasteiger partial charge in [0.25, 0.3) is 0 Å². The van der Waals surface area contributed by atoms with E-state index >= 15 is 0 Å². The Labute approximate surface area is 82.4 Å². The van der Waals surface area contributed by atoms with E-state index in [0.717, 1.165) is 0 Å². The molecule has 6 nitrogen and oxygen atoms in total. The van der Waals surface area contributed by atoms with Crippen LogP contribution in [0.25, 0.3) is 0 Å². The summed E-state index contributed by atoms with van der Waals surface area (Å²) >= 11 is 0. The molecule has 1 aromatic rings. The zero-order valence-corrected chi connectivity index (χ0v) is 8.85. The number of aromatic nitrogens is 2. The largest absolute Gasteiger partial charge is 0.395 e. The second kappa shape index (κ2) is 4.07. The summed E-state index contributed by atoms with van der Waals surface area (Å²) in [6.45, 7) is 3.02. The molecule has 1 aromatic heterocycles. The number of aromatic amines is 1. The van der Waals surface area contributed by atoms with Gasteiger partial charge in [0.05, 0.1) is 18.0 Å². The first-order valence-electron chi connectivity index (χ1n) is 4.11. The first kappa shape index (κ1) is 11.2. The average Bonchev–Trinajstić information content (AvgIpc) is 2.43. The number of H-pyrrole nitrogens is 1. The second-order valence-electron chi connectivity index (χ2n) is 2.88. The molecule has 0 spiro atoms. The molecule has 0 aromatic carbocycles. The fourth-order valence-electron chi connectivity index (χ4n) is 1.19. The minimum Gasteiger partial charge on any atom is -0.395 e. The minimum atomic E-state index is -3.54. The summed E-state index contributed by atoms with van der Waals surface area (Å²) in [7, 11) is -3.54. The van der Waals surface area contributed by atoms with Gasteiger partial charge in [-0.25, -0.2) is 13.1 Å². The number of nitrogens with one attached hydrogen (secondary N) is 2. The van der Waals surface area contributed by atoms with E-state index in [-0.39, 0.29) is 18.0 Å². The zero-order chi connectivity index (χ0) is 10.8. The van der Waals surface area contributed by atoms with Crippen LogP contribution in [-0.2, 0) is 10.0 Å². The van der Waals surface area contributed by atoms with Crippen LogP contribution in [0, 0.1) is 13.8 Å². The van der Waals surface area contributed by atoms with Gasteiger partial charge in [-0.3, -0.25) is 5.10 Å². The summed E-state index contributed by atoms with van der Waals surface area (Å²) in [5, 5.41) is 14.9. The fourth-order valence-corrected chi connectivity index (χ4v) is 2.58. The highest BCUT2D eigenvalue weighted by molar-refractivity contribution is 7.89. The normalized spacial score (nSPS) is 11.9. The second-order valence-corrected chi connectivity index (χ2v) is 4.59. The van der Waals surface area contributed by atoms with Crippen molar-refractivity contribution in [1.82, 2.24) is 14.9 Å². The van der Waals surface area contributed by atoms with Crippen molar-refractivity contribution in [2.45, 2.75) is 18.7 Å². The van der Waals surface area contributed by atoms with Crippen molar-refractivity contribution in [1.29, 1.82) is 0 Å². The fraction of sp³-hybridized carbons (Fsp3) is 0.571. The van der Waals surface area contributed by atoms with E-state index in [0.29, 0.717) is 11.4 Å². The third kappa shape index (κ3) is 2.11. The van der Waals surface area contributed by atoms with Crippen LogP contribution in [0.4, 0.5) is 0 Å². The van der Waals surface area contributed by atoms with E-state index in [1.54, 1.807) is 13.8 Å². The van der Waals surface area contributed by atoms with Crippen molar-refractivity contribution in [3.8, 4) is 0 Å². The zero-order valence-electron chi connectivity index (χ0n) is 8.03. The van der Waals surface area contributed by atoms with Gasteiger partial charge in [0.2, 0.25) is 10.0 Å². The van der Waals surface area contributed by atoms with Crippen LogP contribution in [0.5, 0.6) is 0 Å². The molecule has 7 heteroatoms. The highest BCUT2D eigenvalue weighted by Crippen LogP contribution is 2.15. The van der Waals surface area contributed by atoms with Gasteiger partial charge in [0, 0.05) is 6.54 Å². The quantitative estimate of drug-likeness (QED) is 0.624. The summed E-state index contributed by atoms with van der Waals surface area (Å²) in [5.41, 5.74) is 0.917. The van der Waals surface area contributed by atoms with Gasteiger partial charge < -0.3 is 5.11 Å². The predicted molar refractivity (Wildman–Crippen MR) is 50.3 cm³/mol. The molecule has 0 fully saturated rings. The summed E-state index contributed by atoms with van der Waals surface area (Å²) in [6, 6.07) is 0. The monoisotopic (exact) mass is 219 g/mol. The maximum absolute atomic E-state index is 11.6. The molecule has 0 unspecified atom stereocenters. The van der Waals surface area contributed by atoms with Crippen molar-refractivity contribution in [3.63, 3.8) is 0 Å². The van der Waals surface area contributed by atoms with Crippen LogP contribution in [0.1, 0.15) is 11.4 Å². The van der Waals surface area contributed by atoms with Gasteiger partial charge in [-0.2, -0.15) is 5.10 Å². The molecule has 14 heavy (non-hydrogen) atoms. The van der Waals surface area contributed by atoms with Crippen molar-refractivity contribution in [2.24, 2.45) is 0 Å². The highest BCUT2D eigenvalue weighted by atomic mass is 32.2. The molecule has 0 aliphatic carbocycles. The smallest absolute Gasteiger partial charge is 0.244 e. The topological polar surface area (TPSA) is 95.1 Å². The molecule has 0 radical (unpaired) electrons. The van der Waals surface area contributed by atoms with E-state index < -0.39 is 10.0 Å².